The van der Waals surface area contributed by atoms with Gasteiger partial charge in [0.1, 0.15) is 0 Å². The fraction of sp³-hybridized carbons (Fsp3) is 0.250. The Labute approximate surface area is 133 Å². The predicted octanol–water partition coefficient (Wildman–Crippen LogP) is 4.47. The predicted molar refractivity (Wildman–Crippen MR) is 88.8 cm³/mol. The number of benzene rings is 2. The number of rotatable bonds is 4. The molecule has 2 aromatic rings. The third-order valence-electron chi connectivity index (χ3n) is 3.28. The minimum atomic E-state index is -0.0128. The van der Waals surface area contributed by atoms with Gasteiger partial charge in [-0.15, -0.1) is 0 Å². The summed E-state index contributed by atoms with van der Waals surface area (Å²) in [6, 6.07) is 12.4. The van der Waals surface area contributed by atoms with Gasteiger partial charge in [-0.2, -0.15) is 0 Å². The summed E-state index contributed by atoms with van der Waals surface area (Å²) in [6.45, 7) is 4.21. The van der Waals surface area contributed by atoms with Crippen LogP contribution in [0.25, 0.3) is 0 Å². The topological polar surface area (TPSA) is 38.0 Å². The van der Waals surface area contributed by atoms with Gasteiger partial charge in [-0.25, -0.2) is 0 Å². The van der Waals surface area contributed by atoms with Crippen molar-refractivity contribution >= 4 is 27.5 Å². The molecule has 0 aliphatic rings. The van der Waals surface area contributed by atoms with Gasteiger partial charge in [0.2, 0.25) is 0 Å². The molecule has 1 unspecified atom stereocenters. The van der Waals surface area contributed by atoms with Gasteiger partial charge in [0.05, 0.1) is 11.1 Å². The van der Waals surface area contributed by atoms with Gasteiger partial charge >= 0.3 is 0 Å². The zero-order valence-corrected chi connectivity index (χ0v) is 13.9. The van der Waals surface area contributed by atoms with E-state index in [9.17, 15) is 0 Å². The molecular formula is C16H18BrClN2. The Bertz CT molecular complexity index is 593. The van der Waals surface area contributed by atoms with Crippen molar-refractivity contribution in [3.63, 3.8) is 0 Å². The number of aryl methyl sites for hydroxylation is 2. The van der Waals surface area contributed by atoms with Crippen LogP contribution in [0.1, 0.15) is 28.3 Å². The molecule has 0 saturated heterocycles. The van der Waals surface area contributed by atoms with Crippen molar-refractivity contribution in [1.29, 1.82) is 0 Å². The van der Waals surface area contributed by atoms with E-state index < -0.39 is 0 Å². The molecule has 0 fully saturated rings. The molecule has 1 atom stereocenters. The molecule has 0 aromatic heterocycles. The van der Waals surface area contributed by atoms with Crippen LogP contribution in [-0.4, -0.2) is 0 Å². The Morgan fingerprint density at radius 3 is 2.45 bits per heavy atom. The van der Waals surface area contributed by atoms with Crippen molar-refractivity contribution in [2.75, 3.05) is 0 Å². The quantitative estimate of drug-likeness (QED) is 0.629. The molecule has 0 aliphatic carbocycles. The minimum absolute atomic E-state index is 0.0128. The van der Waals surface area contributed by atoms with Gasteiger partial charge in [-0.05, 0) is 53.4 Å². The molecule has 3 N–H and O–H groups in total. The molecule has 20 heavy (non-hydrogen) atoms. The molecule has 2 rings (SSSR count). The number of hydrazine groups is 1. The average molecular weight is 354 g/mol. The lowest BCUT2D eigenvalue weighted by atomic mass is 9.97. The lowest BCUT2D eigenvalue weighted by molar-refractivity contribution is 0.551. The first-order valence-electron chi connectivity index (χ1n) is 6.48. The molecule has 106 valence electrons. The highest BCUT2D eigenvalue weighted by atomic mass is 79.9. The second kappa shape index (κ2) is 6.72. The minimum Gasteiger partial charge on any atom is -0.271 e. The molecule has 0 radical (unpaired) electrons. The van der Waals surface area contributed by atoms with Crippen LogP contribution in [0.5, 0.6) is 0 Å². The van der Waals surface area contributed by atoms with E-state index in [2.05, 4.69) is 53.4 Å². The van der Waals surface area contributed by atoms with E-state index in [1.807, 2.05) is 18.2 Å². The lowest BCUT2D eigenvalue weighted by Gasteiger charge is -2.19. The van der Waals surface area contributed by atoms with Crippen LogP contribution in [0.3, 0.4) is 0 Å². The molecule has 2 aromatic carbocycles. The van der Waals surface area contributed by atoms with Crippen molar-refractivity contribution in [3.05, 3.63) is 68.1 Å². The number of hydrogen-bond acceptors (Lipinski definition) is 2. The standard InChI is InChI=1S/C16H18BrClN2/c1-10-6-11(2)8-12(7-10)9-15(20-19)13-4-3-5-14(17)16(13)18/h3-8,15,20H,9,19H2,1-2H3. The van der Waals surface area contributed by atoms with E-state index in [0.29, 0.717) is 5.02 Å². The highest BCUT2D eigenvalue weighted by Crippen LogP contribution is 2.31. The van der Waals surface area contributed by atoms with E-state index >= 15 is 0 Å². The molecule has 0 amide bonds. The monoisotopic (exact) mass is 352 g/mol. The second-order valence-electron chi connectivity index (χ2n) is 5.06. The summed E-state index contributed by atoms with van der Waals surface area (Å²) in [7, 11) is 0. The smallest absolute Gasteiger partial charge is 0.0596 e. The summed E-state index contributed by atoms with van der Waals surface area (Å²) in [5, 5.41) is 0.708. The highest BCUT2D eigenvalue weighted by Gasteiger charge is 2.15. The number of halogens is 2. The molecule has 0 spiro atoms. The third kappa shape index (κ3) is 3.61. The molecular weight excluding hydrogens is 336 g/mol. The van der Waals surface area contributed by atoms with Gasteiger partial charge in [-0.1, -0.05) is 53.1 Å². The van der Waals surface area contributed by atoms with Crippen LogP contribution in [0.4, 0.5) is 0 Å². The molecule has 2 nitrogen and oxygen atoms in total. The van der Waals surface area contributed by atoms with Gasteiger partial charge < -0.3 is 0 Å². The summed E-state index contributed by atoms with van der Waals surface area (Å²) in [5.74, 6) is 5.72. The summed E-state index contributed by atoms with van der Waals surface area (Å²) >= 11 is 9.80. The molecule has 4 heteroatoms. The van der Waals surface area contributed by atoms with Gasteiger partial charge in [0, 0.05) is 4.47 Å². The van der Waals surface area contributed by atoms with Crippen LogP contribution in [0, 0.1) is 13.8 Å². The average Bonchev–Trinajstić information content (AvgIpc) is 2.38. The van der Waals surface area contributed by atoms with E-state index in [1.165, 1.54) is 16.7 Å². The first-order valence-corrected chi connectivity index (χ1v) is 7.65. The largest absolute Gasteiger partial charge is 0.271 e. The van der Waals surface area contributed by atoms with Crippen LogP contribution in [-0.2, 0) is 6.42 Å². The zero-order chi connectivity index (χ0) is 14.7. The maximum absolute atomic E-state index is 6.35. The fourth-order valence-electron chi connectivity index (χ4n) is 2.47. The van der Waals surface area contributed by atoms with Crippen LogP contribution in [0.2, 0.25) is 5.02 Å². The maximum Gasteiger partial charge on any atom is 0.0596 e. The van der Waals surface area contributed by atoms with Crippen molar-refractivity contribution in [2.45, 2.75) is 26.3 Å². The first-order chi connectivity index (χ1) is 9.51. The Morgan fingerprint density at radius 1 is 1.20 bits per heavy atom. The van der Waals surface area contributed by atoms with E-state index in [0.717, 1.165) is 16.5 Å². The van der Waals surface area contributed by atoms with E-state index in [4.69, 9.17) is 17.4 Å². The number of nitrogens with one attached hydrogen (secondary N) is 1. The summed E-state index contributed by atoms with van der Waals surface area (Å²) in [5.41, 5.74) is 7.64. The van der Waals surface area contributed by atoms with Crippen molar-refractivity contribution < 1.29 is 0 Å². The molecule has 0 aliphatic heterocycles. The molecule has 0 bridgehead atoms. The summed E-state index contributed by atoms with van der Waals surface area (Å²) in [6.07, 6.45) is 0.801. The van der Waals surface area contributed by atoms with Crippen LogP contribution < -0.4 is 11.3 Å². The van der Waals surface area contributed by atoms with Crippen molar-refractivity contribution in [2.24, 2.45) is 5.84 Å². The third-order valence-corrected chi connectivity index (χ3v) is 4.59. The number of hydrogen-bond donors (Lipinski definition) is 2. The molecule has 0 saturated carbocycles. The van der Waals surface area contributed by atoms with Gasteiger partial charge in [0.15, 0.2) is 0 Å². The van der Waals surface area contributed by atoms with Crippen molar-refractivity contribution in [1.82, 2.24) is 5.43 Å². The van der Waals surface area contributed by atoms with Gasteiger partial charge in [-0.3, -0.25) is 11.3 Å². The normalized spacial score (nSPS) is 12.4. The Balaban J connectivity index is 2.31. The molecule has 0 heterocycles. The Kier molecular flexibility index (Phi) is 5.22. The van der Waals surface area contributed by atoms with E-state index in [-0.39, 0.29) is 6.04 Å². The second-order valence-corrected chi connectivity index (χ2v) is 6.29. The summed E-state index contributed by atoms with van der Waals surface area (Å²) < 4.78 is 0.886. The van der Waals surface area contributed by atoms with Crippen molar-refractivity contribution in [3.8, 4) is 0 Å². The van der Waals surface area contributed by atoms with Crippen LogP contribution >= 0.6 is 27.5 Å². The fourth-order valence-corrected chi connectivity index (χ4v) is 3.11. The summed E-state index contributed by atoms with van der Waals surface area (Å²) in [4.78, 5) is 0. The first kappa shape index (κ1) is 15.5. The zero-order valence-electron chi connectivity index (χ0n) is 11.6. The highest BCUT2D eigenvalue weighted by molar-refractivity contribution is 9.10. The maximum atomic E-state index is 6.35. The number of nitrogens with two attached hydrogens (primary N) is 1. The van der Waals surface area contributed by atoms with Gasteiger partial charge in [0.25, 0.3) is 0 Å². The van der Waals surface area contributed by atoms with E-state index in [1.54, 1.807) is 0 Å². The van der Waals surface area contributed by atoms with Crippen LogP contribution in [0.15, 0.2) is 40.9 Å². The Hall–Kier alpha value is -0.870. The lowest BCUT2D eigenvalue weighted by Crippen LogP contribution is -2.29. The SMILES string of the molecule is Cc1cc(C)cc(CC(NN)c2cccc(Br)c2Cl)c1. The Morgan fingerprint density at radius 2 is 1.85 bits per heavy atom.